The SMILES string of the molecule is CC1CC1CN(C)c1nc2c(cc1C#N)CCC(C)(C)C2. The molecule has 1 fully saturated rings. The van der Waals surface area contributed by atoms with Gasteiger partial charge in [-0.05, 0) is 54.6 Å². The Labute approximate surface area is 128 Å². The summed E-state index contributed by atoms with van der Waals surface area (Å²) in [7, 11) is 2.08. The zero-order valence-corrected chi connectivity index (χ0v) is 13.6. The highest BCUT2D eigenvalue weighted by Gasteiger charge is 2.34. The van der Waals surface area contributed by atoms with Crippen LogP contribution in [0, 0.1) is 28.6 Å². The van der Waals surface area contributed by atoms with Crippen LogP contribution in [0.5, 0.6) is 0 Å². The molecule has 3 rings (SSSR count). The molecule has 0 spiro atoms. The summed E-state index contributed by atoms with van der Waals surface area (Å²) in [4.78, 5) is 7.08. The first-order valence-corrected chi connectivity index (χ1v) is 8.03. The summed E-state index contributed by atoms with van der Waals surface area (Å²) < 4.78 is 0. The number of pyridine rings is 1. The monoisotopic (exact) mass is 283 g/mol. The van der Waals surface area contributed by atoms with Crippen LogP contribution in [-0.4, -0.2) is 18.6 Å². The molecule has 0 aliphatic heterocycles. The lowest BCUT2D eigenvalue weighted by Gasteiger charge is -2.31. The molecule has 2 atom stereocenters. The summed E-state index contributed by atoms with van der Waals surface area (Å²) in [5.74, 6) is 2.48. The van der Waals surface area contributed by atoms with Gasteiger partial charge in [-0.25, -0.2) is 4.98 Å². The third kappa shape index (κ3) is 2.90. The van der Waals surface area contributed by atoms with Crippen LogP contribution in [0.4, 0.5) is 5.82 Å². The standard InChI is InChI=1S/C18H25N3/c1-12-7-15(12)11-21(4)17-14(10-19)8-13-5-6-18(2,3)9-16(13)20-17/h8,12,15H,5-7,9,11H2,1-4H3. The van der Waals surface area contributed by atoms with Crippen molar-refractivity contribution >= 4 is 5.82 Å². The van der Waals surface area contributed by atoms with Gasteiger partial charge in [-0.1, -0.05) is 20.8 Å². The van der Waals surface area contributed by atoms with E-state index in [9.17, 15) is 5.26 Å². The fourth-order valence-electron chi connectivity index (χ4n) is 3.43. The molecule has 2 aliphatic rings. The fourth-order valence-corrected chi connectivity index (χ4v) is 3.43. The number of rotatable bonds is 3. The lowest BCUT2D eigenvalue weighted by atomic mass is 9.76. The number of nitriles is 1. The van der Waals surface area contributed by atoms with Gasteiger partial charge in [-0.2, -0.15) is 5.26 Å². The summed E-state index contributed by atoms with van der Waals surface area (Å²) in [6.45, 7) is 7.94. The van der Waals surface area contributed by atoms with Crippen molar-refractivity contribution in [1.82, 2.24) is 4.98 Å². The van der Waals surface area contributed by atoms with Gasteiger partial charge in [0.2, 0.25) is 0 Å². The second kappa shape index (κ2) is 5.02. The maximum atomic E-state index is 9.46. The van der Waals surface area contributed by atoms with Crippen molar-refractivity contribution in [3.05, 3.63) is 22.9 Å². The zero-order chi connectivity index (χ0) is 15.2. The highest BCUT2D eigenvalue weighted by atomic mass is 15.2. The Bertz CT molecular complexity index is 597. The molecule has 0 N–H and O–H groups in total. The lowest BCUT2D eigenvalue weighted by Crippen LogP contribution is -2.27. The average molecular weight is 283 g/mol. The summed E-state index contributed by atoms with van der Waals surface area (Å²) in [6.07, 6.45) is 4.56. The van der Waals surface area contributed by atoms with E-state index in [1.165, 1.54) is 24.1 Å². The van der Waals surface area contributed by atoms with E-state index in [-0.39, 0.29) is 0 Å². The molecule has 1 heterocycles. The molecule has 21 heavy (non-hydrogen) atoms. The second-order valence-electron chi connectivity index (χ2n) is 7.77. The van der Waals surface area contributed by atoms with Gasteiger partial charge in [0, 0.05) is 19.3 Å². The van der Waals surface area contributed by atoms with Crippen LogP contribution in [-0.2, 0) is 12.8 Å². The Balaban J connectivity index is 1.90. The van der Waals surface area contributed by atoms with Gasteiger partial charge in [-0.15, -0.1) is 0 Å². The van der Waals surface area contributed by atoms with E-state index in [1.54, 1.807) is 0 Å². The Morgan fingerprint density at radius 2 is 2.19 bits per heavy atom. The predicted molar refractivity (Wildman–Crippen MR) is 85.3 cm³/mol. The van der Waals surface area contributed by atoms with E-state index in [4.69, 9.17) is 4.98 Å². The highest BCUT2D eigenvalue weighted by molar-refractivity contribution is 5.56. The molecule has 0 aromatic carbocycles. The molecule has 112 valence electrons. The Morgan fingerprint density at radius 3 is 2.81 bits per heavy atom. The largest absolute Gasteiger partial charge is 0.358 e. The van der Waals surface area contributed by atoms with Gasteiger partial charge >= 0.3 is 0 Å². The van der Waals surface area contributed by atoms with Gasteiger partial charge in [0.25, 0.3) is 0 Å². The Morgan fingerprint density at radius 1 is 1.48 bits per heavy atom. The van der Waals surface area contributed by atoms with Gasteiger partial charge < -0.3 is 4.90 Å². The Hall–Kier alpha value is -1.56. The minimum atomic E-state index is 0.328. The number of fused-ring (bicyclic) bond motifs is 1. The molecule has 2 aliphatic carbocycles. The molecule has 0 radical (unpaired) electrons. The topological polar surface area (TPSA) is 39.9 Å². The van der Waals surface area contributed by atoms with E-state index in [1.807, 2.05) is 0 Å². The molecule has 0 bridgehead atoms. The average Bonchev–Trinajstić information content (AvgIpc) is 3.11. The molecule has 0 amide bonds. The van der Waals surface area contributed by atoms with Crippen LogP contribution >= 0.6 is 0 Å². The van der Waals surface area contributed by atoms with E-state index in [2.05, 4.69) is 44.9 Å². The minimum Gasteiger partial charge on any atom is -0.358 e. The quantitative estimate of drug-likeness (QED) is 0.851. The molecular weight excluding hydrogens is 258 g/mol. The van der Waals surface area contributed by atoms with Crippen LogP contribution < -0.4 is 4.90 Å². The normalized spacial score (nSPS) is 25.9. The van der Waals surface area contributed by atoms with Crippen molar-refractivity contribution in [2.75, 3.05) is 18.5 Å². The third-order valence-electron chi connectivity index (χ3n) is 5.15. The van der Waals surface area contributed by atoms with Crippen LogP contribution in [0.1, 0.15) is 50.4 Å². The first-order chi connectivity index (χ1) is 9.89. The molecule has 0 saturated heterocycles. The molecule has 2 unspecified atom stereocenters. The van der Waals surface area contributed by atoms with Crippen LogP contribution in [0.25, 0.3) is 0 Å². The first-order valence-electron chi connectivity index (χ1n) is 8.03. The van der Waals surface area contributed by atoms with Crippen molar-refractivity contribution in [3.63, 3.8) is 0 Å². The van der Waals surface area contributed by atoms with Gasteiger partial charge in [0.05, 0.1) is 5.56 Å². The van der Waals surface area contributed by atoms with Crippen LogP contribution in [0.15, 0.2) is 6.07 Å². The predicted octanol–water partition coefficient (Wildman–Crippen LogP) is 3.56. The summed E-state index contributed by atoms with van der Waals surface area (Å²) in [5, 5.41) is 9.46. The van der Waals surface area contributed by atoms with E-state index < -0.39 is 0 Å². The number of hydrogen-bond acceptors (Lipinski definition) is 3. The van der Waals surface area contributed by atoms with Gasteiger partial charge in [0.1, 0.15) is 11.9 Å². The smallest absolute Gasteiger partial charge is 0.146 e. The number of aryl methyl sites for hydroxylation is 1. The number of aromatic nitrogens is 1. The molecule has 1 saturated carbocycles. The molecular formula is C18H25N3. The van der Waals surface area contributed by atoms with Gasteiger partial charge in [0.15, 0.2) is 0 Å². The molecule has 1 aromatic rings. The van der Waals surface area contributed by atoms with Crippen molar-refractivity contribution in [2.45, 2.75) is 46.5 Å². The van der Waals surface area contributed by atoms with Crippen LogP contribution in [0.3, 0.4) is 0 Å². The number of hydrogen-bond donors (Lipinski definition) is 0. The third-order valence-corrected chi connectivity index (χ3v) is 5.15. The van der Waals surface area contributed by atoms with E-state index in [0.717, 1.165) is 42.6 Å². The maximum Gasteiger partial charge on any atom is 0.146 e. The molecule has 3 nitrogen and oxygen atoms in total. The maximum absolute atomic E-state index is 9.46. The lowest BCUT2D eigenvalue weighted by molar-refractivity contribution is 0.310. The Kier molecular flexibility index (Phi) is 3.43. The van der Waals surface area contributed by atoms with Crippen molar-refractivity contribution in [1.29, 1.82) is 5.26 Å². The molecule has 1 aromatic heterocycles. The summed E-state index contributed by atoms with van der Waals surface area (Å²) in [5.41, 5.74) is 3.55. The van der Waals surface area contributed by atoms with Gasteiger partial charge in [-0.3, -0.25) is 0 Å². The van der Waals surface area contributed by atoms with E-state index >= 15 is 0 Å². The first kappa shape index (κ1) is 14.4. The van der Waals surface area contributed by atoms with Crippen molar-refractivity contribution < 1.29 is 0 Å². The molecule has 3 heteroatoms. The van der Waals surface area contributed by atoms with Crippen molar-refractivity contribution in [2.24, 2.45) is 17.3 Å². The minimum absolute atomic E-state index is 0.328. The highest BCUT2D eigenvalue weighted by Crippen LogP contribution is 2.40. The summed E-state index contributed by atoms with van der Waals surface area (Å²) in [6, 6.07) is 4.43. The second-order valence-corrected chi connectivity index (χ2v) is 7.77. The van der Waals surface area contributed by atoms with Crippen molar-refractivity contribution in [3.8, 4) is 6.07 Å². The number of anilines is 1. The summed E-state index contributed by atoms with van der Waals surface area (Å²) >= 11 is 0. The fraction of sp³-hybridized carbons (Fsp3) is 0.667. The number of nitrogens with zero attached hydrogens (tertiary/aromatic N) is 3. The van der Waals surface area contributed by atoms with E-state index in [0.29, 0.717) is 5.41 Å². The zero-order valence-electron chi connectivity index (χ0n) is 13.6. The van der Waals surface area contributed by atoms with Crippen LogP contribution in [0.2, 0.25) is 0 Å².